The maximum Gasteiger partial charge on any atom is 0.514 e. The zero-order valence-electron chi connectivity index (χ0n) is 25.6. The normalized spacial score (nSPS) is 12.8. The van der Waals surface area contributed by atoms with Gasteiger partial charge in [0.1, 0.15) is 17.9 Å². The van der Waals surface area contributed by atoms with Crippen LogP contribution in [0, 0.1) is 10.8 Å². The highest BCUT2D eigenvalue weighted by atomic mass is 16.7. The molecule has 2 aromatic rings. The van der Waals surface area contributed by atoms with E-state index in [1.54, 1.807) is 37.3 Å². The summed E-state index contributed by atoms with van der Waals surface area (Å²) in [6.45, 7) is 13.0. The first-order valence-corrected chi connectivity index (χ1v) is 13.7. The van der Waals surface area contributed by atoms with Crippen molar-refractivity contribution in [1.82, 2.24) is 5.32 Å². The molecule has 0 radical (unpaired) electrons. The largest absolute Gasteiger partial charge is 0.514 e. The number of hydrogen-bond donors (Lipinski definition) is 2. The maximum absolute atomic E-state index is 12.4. The Hall–Kier alpha value is -4.32. The van der Waals surface area contributed by atoms with Crippen molar-refractivity contribution in [3.05, 3.63) is 54.1 Å². The molecule has 43 heavy (non-hydrogen) atoms. The van der Waals surface area contributed by atoms with Crippen molar-refractivity contribution < 1.29 is 52.7 Å². The smallest absolute Gasteiger partial charge is 0.480 e. The minimum absolute atomic E-state index is 0.00412. The van der Waals surface area contributed by atoms with E-state index in [0.717, 1.165) is 0 Å². The van der Waals surface area contributed by atoms with E-state index in [9.17, 15) is 24.3 Å². The van der Waals surface area contributed by atoms with Gasteiger partial charge in [-0.25, -0.2) is 14.4 Å². The Morgan fingerprint density at radius 1 is 0.767 bits per heavy atom. The zero-order valence-corrected chi connectivity index (χ0v) is 25.6. The molecule has 0 aliphatic rings. The van der Waals surface area contributed by atoms with Crippen LogP contribution in [0.15, 0.2) is 48.5 Å². The molecule has 0 heterocycles. The summed E-state index contributed by atoms with van der Waals surface area (Å²) in [7, 11) is 0. The lowest BCUT2D eigenvalue weighted by molar-refractivity contribution is -0.139. The van der Waals surface area contributed by atoms with Crippen molar-refractivity contribution in [3.8, 4) is 17.2 Å². The maximum atomic E-state index is 12.4. The molecule has 2 atom stereocenters. The Morgan fingerprint density at radius 3 is 1.86 bits per heavy atom. The Labute approximate surface area is 251 Å². The fourth-order valence-corrected chi connectivity index (χ4v) is 3.24. The molecular weight excluding hydrogens is 562 g/mol. The van der Waals surface area contributed by atoms with Crippen molar-refractivity contribution in [2.24, 2.45) is 10.8 Å². The fraction of sp³-hybridized carbons (Fsp3) is 0.484. The first-order chi connectivity index (χ1) is 20.0. The minimum Gasteiger partial charge on any atom is -0.480 e. The van der Waals surface area contributed by atoms with Gasteiger partial charge in [-0.2, -0.15) is 0 Å². The predicted molar refractivity (Wildman–Crippen MR) is 155 cm³/mol. The van der Waals surface area contributed by atoms with E-state index in [-0.39, 0.29) is 48.5 Å². The van der Waals surface area contributed by atoms with E-state index in [1.165, 1.54) is 18.2 Å². The van der Waals surface area contributed by atoms with Crippen LogP contribution in [0.4, 0.5) is 14.4 Å². The lowest BCUT2D eigenvalue weighted by Crippen LogP contribution is -2.42. The summed E-state index contributed by atoms with van der Waals surface area (Å²) in [6, 6.07) is 11.5. The number of benzene rings is 2. The Morgan fingerprint density at radius 2 is 1.33 bits per heavy atom. The van der Waals surface area contributed by atoms with Crippen LogP contribution in [0.1, 0.15) is 54.0 Å². The number of carbonyl (C=O) groups is 4. The van der Waals surface area contributed by atoms with Crippen molar-refractivity contribution in [2.45, 2.75) is 67.0 Å². The van der Waals surface area contributed by atoms with Gasteiger partial charge in [0.05, 0.1) is 13.2 Å². The number of ether oxygens (including phenoxy) is 6. The number of aliphatic carboxylic acids is 1. The van der Waals surface area contributed by atoms with Crippen LogP contribution < -0.4 is 19.5 Å². The second-order valence-electron chi connectivity index (χ2n) is 12.3. The molecule has 0 amide bonds. The van der Waals surface area contributed by atoms with Gasteiger partial charge in [-0.3, -0.25) is 4.79 Å². The molecule has 2 rings (SSSR count). The van der Waals surface area contributed by atoms with Crippen molar-refractivity contribution in [3.63, 3.8) is 0 Å². The summed E-state index contributed by atoms with van der Waals surface area (Å²) in [5.74, 6) is -1.13. The number of para-hydroxylation sites is 1. The molecule has 0 saturated heterocycles. The molecule has 2 N–H and O–H groups in total. The lowest BCUT2D eigenvalue weighted by Gasteiger charge is -2.20. The third kappa shape index (κ3) is 14.4. The number of carboxylic acid groups (broad SMARTS) is 1. The summed E-state index contributed by atoms with van der Waals surface area (Å²) < 4.78 is 31.2. The van der Waals surface area contributed by atoms with Gasteiger partial charge >= 0.3 is 24.4 Å². The van der Waals surface area contributed by atoms with Crippen LogP contribution in [0.2, 0.25) is 0 Å². The van der Waals surface area contributed by atoms with Gasteiger partial charge in [0, 0.05) is 6.54 Å². The molecule has 0 bridgehead atoms. The van der Waals surface area contributed by atoms with Crippen LogP contribution in [0.5, 0.6) is 17.2 Å². The average Bonchev–Trinajstić information content (AvgIpc) is 2.89. The highest BCUT2D eigenvalue weighted by molar-refractivity contribution is 5.74. The number of rotatable bonds is 12. The fourth-order valence-electron chi connectivity index (χ4n) is 3.24. The second-order valence-corrected chi connectivity index (χ2v) is 12.3. The first kappa shape index (κ1) is 34.9. The predicted octanol–water partition coefficient (Wildman–Crippen LogP) is 6.00. The highest BCUT2D eigenvalue weighted by Crippen LogP contribution is 2.30. The standard InChI is InChI=1S/C31H41NO11/c1-20(40-29(37)41-22-11-9-8-10-12-22)17-32-23(26(33)34)15-21-13-14-24(42-27(35)38-18-30(2,3)4)25(16-21)43-28(36)39-19-31(5,6)7/h8-14,16,20,23,32H,15,17-19H2,1-7H3,(H,33,34)/t20?,23-/m0/s1. The third-order valence-corrected chi connectivity index (χ3v) is 5.27. The van der Waals surface area contributed by atoms with Gasteiger partial charge in [-0.05, 0) is 54.0 Å². The zero-order chi connectivity index (χ0) is 32.2. The van der Waals surface area contributed by atoms with Gasteiger partial charge in [0.2, 0.25) is 0 Å². The number of hydrogen-bond acceptors (Lipinski definition) is 11. The molecule has 0 aliphatic heterocycles. The van der Waals surface area contributed by atoms with Crippen molar-refractivity contribution in [2.75, 3.05) is 19.8 Å². The summed E-state index contributed by atoms with van der Waals surface area (Å²) in [5, 5.41) is 12.6. The highest BCUT2D eigenvalue weighted by Gasteiger charge is 2.24. The van der Waals surface area contributed by atoms with Gasteiger partial charge in [-0.15, -0.1) is 0 Å². The molecule has 0 fully saturated rings. The van der Waals surface area contributed by atoms with Crippen LogP contribution in [0.25, 0.3) is 0 Å². The number of carbonyl (C=O) groups excluding carboxylic acids is 3. The molecule has 0 saturated carbocycles. The monoisotopic (exact) mass is 603 g/mol. The van der Waals surface area contributed by atoms with Crippen LogP contribution in [-0.2, 0) is 25.4 Å². The summed E-state index contributed by atoms with van der Waals surface area (Å²) >= 11 is 0. The molecule has 236 valence electrons. The molecule has 1 unspecified atom stereocenters. The molecule has 0 spiro atoms. The molecule has 0 aliphatic carbocycles. The molecule has 12 nitrogen and oxygen atoms in total. The molecule has 0 aromatic heterocycles. The Kier molecular flexibility index (Phi) is 12.8. The SMILES string of the molecule is CC(CN[C@@H](Cc1ccc(OC(=O)OCC(C)(C)C)c(OC(=O)OCC(C)(C)C)c1)C(=O)O)OC(=O)Oc1ccccc1. The van der Waals surface area contributed by atoms with E-state index in [0.29, 0.717) is 11.3 Å². The average molecular weight is 604 g/mol. The number of nitrogens with one attached hydrogen (secondary N) is 1. The van der Waals surface area contributed by atoms with E-state index < -0.39 is 36.6 Å². The summed E-state index contributed by atoms with van der Waals surface area (Å²) in [5.41, 5.74) is -0.190. The minimum atomic E-state index is -1.17. The quantitative estimate of drug-likeness (QED) is 0.166. The molecule has 2 aromatic carbocycles. The van der Waals surface area contributed by atoms with Crippen LogP contribution in [0.3, 0.4) is 0 Å². The van der Waals surface area contributed by atoms with E-state index >= 15 is 0 Å². The molecular formula is C31H41NO11. The third-order valence-electron chi connectivity index (χ3n) is 5.27. The van der Waals surface area contributed by atoms with Crippen molar-refractivity contribution >= 4 is 24.4 Å². The molecule has 12 heteroatoms. The van der Waals surface area contributed by atoms with Gasteiger partial charge < -0.3 is 38.8 Å². The van der Waals surface area contributed by atoms with Crippen molar-refractivity contribution in [1.29, 1.82) is 0 Å². The van der Waals surface area contributed by atoms with E-state index in [4.69, 9.17) is 28.4 Å². The Balaban J connectivity index is 2.10. The van der Waals surface area contributed by atoms with Gasteiger partial charge in [-0.1, -0.05) is 65.8 Å². The van der Waals surface area contributed by atoms with Gasteiger partial charge in [0.15, 0.2) is 11.5 Å². The topological polar surface area (TPSA) is 156 Å². The number of carboxylic acids is 1. The Bertz CT molecular complexity index is 1230. The summed E-state index contributed by atoms with van der Waals surface area (Å²) in [4.78, 5) is 48.7. The second kappa shape index (κ2) is 15.8. The van der Waals surface area contributed by atoms with Crippen LogP contribution >= 0.6 is 0 Å². The van der Waals surface area contributed by atoms with E-state index in [2.05, 4.69) is 5.32 Å². The lowest BCUT2D eigenvalue weighted by atomic mass is 9.99. The first-order valence-electron chi connectivity index (χ1n) is 13.7. The van der Waals surface area contributed by atoms with Gasteiger partial charge in [0.25, 0.3) is 0 Å². The van der Waals surface area contributed by atoms with E-state index in [1.807, 2.05) is 41.5 Å². The summed E-state index contributed by atoms with van der Waals surface area (Å²) in [6.07, 6.45) is -3.73. The van der Waals surface area contributed by atoms with Crippen LogP contribution in [-0.4, -0.2) is 61.4 Å².